The fourth-order valence-electron chi connectivity index (χ4n) is 1.57. The maximum absolute atomic E-state index is 10.9. The summed E-state index contributed by atoms with van der Waals surface area (Å²) in [4.78, 5) is 12.9. The second-order valence-electron chi connectivity index (χ2n) is 3.72. The highest BCUT2D eigenvalue weighted by Crippen LogP contribution is 2.18. The van der Waals surface area contributed by atoms with Gasteiger partial charge in [0, 0.05) is 20.0 Å². The number of hydrazine groups is 1. The summed E-state index contributed by atoms with van der Waals surface area (Å²) >= 11 is 0. The third-order valence-corrected chi connectivity index (χ3v) is 2.49. The molecule has 0 atom stereocenters. The number of hydrogen-bond donors (Lipinski definition) is 2. The van der Waals surface area contributed by atoms with E-state index in [9.17, 15) is 4.79 Å². The van der Waals surface area contributed by atoms with Crippen LogP contribution in [-0.4, -0.2) is 19.5 Å². The van der Waals surface area contributed by atoms with Crippen molar-refractivity contribution in [3.63, 3.8) is 0 Å². The molecule has 1 aromatic rings. The van der Waals surface area contributed by atoms with Crippen molar-refractivity contribution in [1.82, 2.24) is 5.43 Å². The lowest BCUT2D eigenvalue weighted by atomic mass is 10.1. The molecule has 0 radical (unpaired) electrons. The van der Waals surface area contributed by atoms with Gasteiger partial charge in [0.2, 0.25) is 5.91 Å². The van der Waals surface area contributed by atoms with Crippen molar-refractivity contribution in [2.45, 2.75) is 12.8 Å². The number of nitriles is 1. The summed E-state index contributed by atoms with van der Waals surface area (Å²) in [6, 6.07) is 9.53. The molecule has 1 aromatic carbocycles. The van der Waals surface area contributed by atoms with E-state index in [2.05, 4.69) is 11.5 Å². The number of para-hydroxylation sites is 1. The fraction of sp³-hybridized carbons (Fsp3) is 0.333. The maximum Gasteiger partial charge on any atom is 0.233 e. The van der Waals surface area contributed by atoms with Crippen LogP contribution in [-0.2, 0) is 4.79 Å². The van der Waals surface area contributed by atoms with Gasteiger partial charge in [-0.15, -0.1) is 0 Å². The summed E-state index contributed by atoms with van der Waals surface area (Å²) in [6.45, 7) is 0.701. The van der Waals surface area contributed by atoms with Gasteiger partial charge in [0.25, 0.3) is 0 Å². The van der Waals surface area contributed by atoms with E-state index in [1.807, 2.05) is 30.1 Å². The molecule has 1 rings (SSSR count). The lowest BCUT2D eigenvalue weighted by Gasteiger charge is -2.20. The van der Waals surface area contributed by atoms with Crippen LogP contribution in [0.5, 0.6) is 0 Å². The number of nitrogens with one attached hydrogen (secondary N) is 1. The van der Waals surface area contributed by atoms with Crippen molar-refractivity contribution in [1.29, 1.82) is 5.26 Å². The summed E-state index contributed by atoms with van der Waals surface area (Å²) in [5.41, 5.74) is 3.61. The number of nitrogens with zero attached hydrogens (tertiary/aromatic N) is 2. The summed E-state index contributed by atoms with van der Waals surface area (Å²) in [5.74, 6) is 4.82. The molecule has 0 aliphatic heterocycles. The predicted molar refractivity (Wildman–Crippen MR) is 66.0 cm³/mol. The highest BCUT2D eigenvalue weighted by molar-refractivity contribution is 5.75. The fourth-order valence-corrected chi connectivity index (χ4v) is 1.57. The smallest absolute Gasteiger partial charge is 0.233 e. The van der Waals surface area contributed by atoms with Gasteiger partial charge in [0.05, 0.1) is 11.3 Å². The van der Waals surface area contributed by atoms with Gasteiger partial charge in [0.15, 0.2) is 0 Å². The monoisotopic (exact) mass is 232 g/mol. The Morgan fingerprint density at radius 3 is 2.88 bits per heavy atom. The Balaban J connectivity index is 2.55. The molecule has 0 aliphatic carbocycles. The molecule has 5 heteroatoms. The number of rotatable bonds is 5. The standard InChI is InChI=1S/C12H16N4O/c1-16(8-4-7-12(17)15-14)11-6-3-2-5-10(11)9-13/h2-3,5-6H,4,7-8,14H2,1H3,(H,15,17). The van der Waals surface area contributed by atoms with Crippen molar-refractivity contribution < 1.29 is 4.79 Å². The summed E-state index contributed by atoms with van der Waals surface area (Å²) < 4.78 is 0. The second kappa shape index (κ2) is 6.51. The largest absolute Gasteiger partial charge is 0.374 e. The topological polar surface area (TPSA) is 82.2 Å². The first kappa shape index (κ1) is 13.0. The van der Waals surface area contributed by atoms with Crippen LogP contribution in [0.2, 0.25) is 0 Å². The van der Waals surface area contributed by atoms with E-state index in [0.29, 0.717) is 24.9 Å². The highest BCUT2D eigenvalue weighted by atomic mass is 16.2. The quantitative estimate of drug-likeness (QED) is 0.446. The van der Waals surface area contributed by atoms with Crippen molar-refractivity contribution in [2.24, 2.45) is 5.84 Å². The van der Waals surface area contributed by atoms with E-state index in [-0.39, 0.29) is 5.91 Å². The molecule has 3 N–H and O–H groups in total. The van der Waals surface area contributed by atoms with Gasteiger partial charge in [-0.05, 0) is 18.6 Å². The number of hydrogen-bond acceptors (Lipinski definition) is 4. The first-order valence-corrected chi connectivity index (χ1v) is 5.38. The second-order valence-corrected chi connectivity index (χ2v) is 3.72. The Labute approximate surface area is 101 Å². The van der Waals surface area contributed by atoms with Crippen molar-refractivity contribution >= 4 is 11.6 Å². The summed E-state index contributed by atoms with van der Waals surface area (Å²) in [6.07, 6.45) is 1.08. The molecule has 0 spiro atoms. The molecule has 5 nitrogen and oxygen atoms in total. The van der Waals surface area contributed by atoms with Gasteiger partial charge in [0.1, 0.15) is 6.07 Å². The zero-order chi connectivity index (χ0) is 12.7. The van der Waals surface area contributed by atoms with Crippen molar-refractivity contribution in [3.8, 4) is 6.07 Å². The molecular weight excluding hydrogens is 216 g/mol. The average Bonchev–Trinajstić information content (AvgIpc) is 2.38. The van der Waals surface area contributed by atoms with Crippen LogP contribution in [0.4, 0.5) is 5.69 Å². The SMILES string of the molecule is CN(CCCC(=O)NN)c1ccccc1C#N. The number of benzene rings is 1. The zero-order valence-corrected chi connectivity index (χ0v) is 9.81. The Morgan fingerprint density at radius 2 is 2.24 bits per heavy atom. The number of carbonyl (C=O) groups excluding carboxylic acids is 1. The minimum atomic E-state index is -0.174. The van der Waals surface area contributed by atoms with Crippen LogP contribution in [0.3, 0.4) is 0 Å². The molecule has 0 saturated heterocycles. The molecule has 0 unspecified atom stereocenters. The molecule has 0 saturated carbocycles. The van der Waals surface area contributed by atoms with E-state index in [1.165, 1.54) is 0 Å². The van der Waals surface area contributed by atoms with Gasteiger partial charge in [-0.25, -0.2) is 5.84 Å². The molecular formula is C12H16N4O. The zero-order valence-electron chi connectivity index (χ0n) is 9.81. The van der Waals surface area contributed by atoms with Crippen molar-refractivity contribution in [2.75, 3.05) is 18.5 Å². The van der Waals surface area contributed by atoms with Crippen LogP contribution < -0.4 is 16.2 Å². The first-order chi connectivity index (χ1) is 8.19. The van der Waals surface area contributed by atoms with Crippen LogP contribution in [0, 0.1) is 11.3 Å². The van der Waals surface area contributed by atoms with Gasteiger partial charge >= 0.3 is 0 Å². The summed E-state index contributed by atoms with van der Waals surface area (Å²) in [7, 11) is 1.90. The Kier molecular flexibility index (Phi) is 4.98. The van der Waals surface area contributed by atoms with Gasteiger partial charge < -0.3 is 4.90 Å². The van der Waals surface area contributed by atoms with E-state index >= 15 is 0 Å². The Bertz CT molecular complexity index is 425. The Hall–Kier alpha value is -2.06. The maximum atomic E-state index is 10.9. The summed E-state index contributed by atoms with van der Waals surface area (Å²) in [5, 5.41) is 8.96. The van der Waals surface area contributed by atoms with Gasteiger partial charge in [-0.1, -0.05) is 12.1 Å². The molecule has 1 amide bonds. The van der Waals surface area contributed by atoms with E-state index in [0.717, 1.165) is 5.69 Å². The van der Waals surface area contributed by atoms with Gasteiger partial charge in [-0.3, -0.25) is 10.2 Å². The van der Waals surface area contributed by atoms with Crippen LogP contribution >= 0.6 is 0 Å². The molecule has 0 aliphatic rings. The lowest BCUT2D eigenvalue weighted by Crippen LogP contribution is -2.30. The molecule has 90 valence electrons. The Morgan fingerprint density at radius 1 is 1.53 bits per heavy atom. The minimum absolute atomic E-state index is 0.174. The number of amides is 1. The first-order valence-electron chi connectivity index (χ1n) is 5.38. The van der Waals surface area contributed by atoms with E-state index in [1.54, 1.807) is 6.07 Å². The van der Waals surface area contributed by atoms with E-state index in [4.69, 9.17) is 11.1 Å². The molecule has 0 fully saturated rings. The third-order valence-electron chi connectivity index (χ3n) is 2.49. The normalized spacial score (nSPS) is 9.47. The predicted octanol–water partition coefficient (Wildman–Crippen LogP) is 0.765. The molecule has 0 bridgehead atoms. The number of carbonyl (C=O) groups is 1. The average molecular weight is 232 g/mol. The molecule has 17 heavy (non-hydrogen) atoms. The van der Waals surface area contributed by atoms with Crippen LogP contribution in [0.25, 0.3) is 0 Å². The van der Waals surface area contributed by atoms with Gasteiger partial charge in [-0.2, -0.15) is 5.26 Å². The van der Waals surface area contributed by atoms with Crippen LogP contribution in [0.15, 0.2) is 24.3 Å². The highest BCUT2D eigenvalue weighted by Gasteiger charge is 2.06. The van der Waals surface area contributed by atoms with Crippen molar-refractivity contribution in [3.05, 3.63) is 29.8 Å². The minimum Gasteiger partial charge on any atom is -0.374 e. The molecule has 0 heterocycles. The lowest BCUT2D eigenvalue weighted by molar-refractivity contribution is -0.121. The number of anilines is 1. The van der Waals surface area contributed by atoms with E-state index < -0.39 is 0 Å². The third kappa shape index (κ3) is 3.78. The number of nitrogens with two attached hydrogens (primary N) is 1. The van der Waals surface area contributed by atoms with Crippen LogP contribution in [0.1, 0.15) is 18.4 Å². The molecule has 0 aromatic heterocycles.